The molecule has 1 aromatic heterocycles. The van der Waals surface area contributed by atoms with Gasteiger partial charge in [-0.15, -0.1) is 0 Å². The maximum atomic E-state index is 4.53. The van der Waals surface area contributed by atoms with E-state index in [2.05, 4.69) is 213 Å². The summed E-state index contributed by atoms with van der Waals surface area (Å²) in [4.78, 5) is 0. The Kier molecular flexibility index (Phi) is 7.78. The van der Waals surface area contributed by atoms with Gasteiger partial charge in [-0.05, 0) is 127 Å². The smallest absolute Gasteiger partial charge is 0.0541 e. The lowest BCUT2D eigenvalue weighted by atomic mass is 9.81. The Bertz CT molecular complexity index is 2810. The lowest BCUT2D eigenvalue weighted by molar-refractivity contribution is 0.659. The van der Waals surface area contributed by atoms with Crippen LogP contribution in [0.2, 0.25) is 0 Å². The number of nitrogens with zero attached hydrogens (tertiary/aromatic N) is 1. The Labute approximate surface area is 323 Å². The Morgan fingerprint density at radius 3 is 1.78 bits per heavy atom. The fourth-order valence-electron chi connectivity index (χ4n) is 8.87. The highest BCUT2D eigenvalue weighted by Gasteiger charge is 2.36. The van der Waals surface area contributed by atoms with Gasteiger partial charge < -0.3 is 4.57 Å². The summed E-state index contributed by atoms with van der Waals surface area (Å²) in [5, 5.41) is 2.51. The van der Waals surface area contributed by atoms with Crippen molar-refractivity contribution in [3.05, 3.63) is 222 Å². The summed E-state index contributed by atoms with van der Waals surface area (Å²) in [6, 6.07) is 58.1. The number of fused-ring (bicyclic) bond motifs is 7. The molecule has 7 aromatic carbocycles. The zero-order chi connectivity index (χ0) is 37.1. The second-order valence-corrected chi connectivity index (χ2v) is 15.4. The fraction of sp³-hybridized carbons (Fsp3) is 0.0741. The summed E-state index contributed by atoms with van der Waals surface area (Å²) in [7, 11) is 0. The van der Waals surface area contributed by atoms with Gasteiger partial charge in [-0.1, -0.05) is 160 Å². The van der Waals surface area contributed by atoms with E-state index in [0.29, 0.717) is 0 Å². The fourth-order valence-corrected chi connectivity index (χ4v) is 8.87. The quantitative estimate of drug-likeness (QED) is 0.172. The molecule has 0 radical (unpaired) electrons. The van der Waals surface area contributed by atoms with E-state index < -0.39 is 0 Å². The van der Waals surface area contributed by atoms with Gasteiger partial charge in [-0.3, -0.25) is 0 Å². The summed E-state index contributed by atoms with van der Waals surface area (Å²) in [5.74, 6) is 0. The van der Waals surface area contributed by atoms with Crippen molar-refractivity contribution in [3.63, 3.8) is 0 Å². The molecule has 0 fully saturated rings. The first-order valence-electron chi connectivity index (χ1n) is 19.3. The standard InChI is InChI=1S/C54H41N/c1-36-15-7-4-8-16-37-21-13-14-22-40(37)31-47(36)43-23-27-45-46-28-26-44(35-51(46)54(2,3)50(45)34-43)55-52-29-24-41(38-17-9-5-10-18-38)32-48(52)49-33-42(25-30-53(49)55)39-19-11-6-12-20-39/h4-15,17-35H,1,16H2,2-3H3/b8-4-,15-7-,47-31?. The summed E-state index contributed by atoms with van der Waals surface area (Å²) >= 11 is 0. The molecule has 262 valence electrons. The number of benzene rings is 7. The molecular formula is C54H41N. The van der Waals surface area contributed by atoms with E-state index in [1.807, 2.05) is 0 Å². The van der Waals surface area contributed by atoms with Gasteiger partial charge in [0.25, 0.3) is 0 Å². The number of rotatable bonds is 4. The van der Waals surface area contributed by atoms with E-state index in [1.54, 1.807) is 0 Å². The zero-order valence-electron chi connectivity index (χ0n) is 31.3. The van der Waals surface area contributed by atoms with Gasteiger partial charge in [0.15, 0.2) is 0 Å². The average molecular weight is 704 g/mol. The third kappa shape index (κ3) is 5.55. The Hall–Kier alpha value is -6.70. The predicted octanol–water partition coefficient (Wildman–Crippen LogP) is 14.2. The molecule has 0 spiro atoms. The normalized spacial score (nSPS) is 15.6. The molecule has 0 saturated heterocycles. The number of hydrogen-bond acceptors (Lipinski definition) is 0. The maximum absolute atomic E-state index is 4.53. The minimum Gasteiger partial charge on any atom is -0.309 e. The minimum absolute atomic E-state index is 0.204. The van der Waals surface area contributed by atoms with Crippen LogP contribution in [0.25, 0.3) is 72.5 Å². The SMILES string of the molecule is C=C1/C=C\C=C/Cc2ccccc2C=C1c1ccc2c(c1)C(C)(C)c1cc(-n3c4ccc(-c5ccccc5)cc4c4cc(-c5ccccc5)ccc43)ccc1-2. The number of allylic oxidation sites excluding steroid dienone is 6. The number of aromatic nitrogens is 1. The predicted molar refractivity (Wildman–Crippen MR) is 235 cm³/mol. The van der Waals surface area contributed by atoms with Gasteiger partial charge in [0.2, 0.25) is 0 Å². The first-order valence-corrected chi connectivity index (χ1v) is 19.3. The highest BCUT2D eigenvalue weighted by atomic mass is 15.0. The van der Waals surface area contributed by atoms with Crippen LogP contribution in [0, 0.1) is 0 Å². The van der Waals surface area contributed by atoms with Crippen LogP contribution in [-0.4, -0.2) is 4.57 Å². The molecule has 8 aromatic rings. The number of hydrogen-bond donors (Lipinski definition) is 0. The first-order chi connectivity index (χ1) is 26.9. The van der Waals surface area contributed by atoms with E-state index in [4.69, 9.17) is 0 Å². The van der Waals surface area contributed by atoms with Gasteiger partial charge in [-0.25, -0.2) is 0 Å². The van der Waals surface area contributed by atoms with E-state index in [1.165, 1.54) is 88.7 Å². The van der Waals surface area contributed by atoms with Crippen LogP contribution in [0.1, 0.15) is 41.7 Å². The third-order valence-corrected chi connectivity index (χ3v) is 11.8. The summed E-state index contributed by atoms with van der Waals surface area (Å²) in [5.41, 5.74) is 19.5. The lowest BCUT2D eigenvalue weighted by Gasteiger charge is -2.23. The topological polar surface area (TPSA) is 4.93 Å². The zero-order valence-corrected chi connectivity index (χ0v) is 31.3. The van der Waals surface area contributed by atoms with Crippen LogP contribution in [0.15, 0.2) is 194 Å². The monoisotopic (exact) mass is 703 g/mol. The molecule has 0 bridgehead atoms. The van der Waals surface area contributed by atoms with Crippen molar-refractivity contribution in [2.45, 2.75) is 25.7 Å². The van der Waals surface area contributed by atoms with E-state index in [-0.39, 0.29) is 5.41 Å². The molecule has 1 nitrogen and oxygen atoms in total. The van der Waals surface area contributed by atoms with E-state index in [9.17, 15) is 0 Å². The van der Waals surface area contributed by atoms with Gasteiger partial charge in [0, 0.05) is 21.9 Å². The van der Waals surface area contributed by atoms with Crippen molar-refractivity contribution in [2.75, 3.05) is 0 Å². The van der Waals surface area contributed by atoms with Crippen LogP contribution in [-0.2, 0) is 11.8 Å². The molecule has 0 atom stereocenters. The second-order valence-electron chi connectivity index (χ2n) is 15.4. The Morgan fingerprint density at radius 2 is 1.11 bits per heavy atom. The molecule has 2 aliphatic carbocycles. The van der Waals surface area contributed by atoms with Crippen LogP contribution in [0.5, 0.6) is 0 Å². The maximum Gasteiger partial charge on any atom is 0.0541 e. The molecule has 1 heteroatoms. The highest BCUT2D eigenvalue weighted by Crippen LogP contribution is 2.51. The van der Waals surface area contributed by atoms with E-state index >= 15 is 0 Å². The van der Waals surface area contributed by atoms with Crippen molar-refractivity contribution in [1.29, 1.82) is 0 Å². The molecule has 0 saturated carbocycles. The van der Waals surface area contributed by atoms with Crippen LogP contribution < -0.4 is 0 Å². The first kappa shape index (κ1) is 32.9. The van der Waals surface area contributed by atoms with E-state index in [0.717, 1.165) is 17.6 Å². The lowest BCUT2D eigenvalue weighted by Crippen LogP contribution is -2.15. The molecule has 55 heavy (non-hydrogen) atoms. The van der Waals surface area contributed by atoms with Crippen molar-refractivity contribution < 1.29 is 0 Å². The van der Waals surface area contributed by atoms with Crippen LogP contribution >= 0.6 is 0 Å². The van der Waals surface area contributed by atoms with Crippen LogP contribution in [0.3, 0.4) is 0 Å². The summed E-state index contributed by atoms with van der Waals surface area (Å²) in [6.07, 6.45) is 11.8. The molecule has 0 amide bonds. The van der Waals surface area contributed by atoms with Crippen LogP contribution in [0.4, 0.5) is 0 Å². The van der Waals surface area contributed by atoms with Gasteiger partial charge >= 0.3 is 0 Å². The van der Waals surface area contributed by atoms with Crippen molar-refractivity contribution in [3.8, 4) is 39.1 Å². The minimum atomic E-state index is -0.204. The molecule has 10 rings (SSSR count). The second kappa shape index (κ2) is 13.0. The van der Waals surface area contributed by atoms with Crippen molar-refractivity contribution in [1.82, 2.24) is 4.57 Å². The van der Waals surface area contributed by atoms with Crippen molar-refractivity contribution >= 4 is 33.5 Å². The molecule has 0 aliphatic heterocycles. The highest BCUT2D eigenvalue weighted by molar-refractivity contribution is 6.11. The van der Waals surface area contributed by atoms with Gasteiger partial charge in [0.05, 0.1) is 11.0 Å². The van der Waals surface area contributed by atoms with Gasteiger partial charge in [-0.2, -0.15) is 0 Å². The molecular weight excluding hydrogens is 663 g/mol. The largest absolute Gasteiger partial charge is 0.309 e. The molecule has 2 aliphatic rings. The summed E-state index contributed by atoms with van der Waals surface area (Å²) in [6.45, 7) is 9.29. The Balaban J connectivity index is 1.11. The third-order valence-electron chi connectivity index (χ3n) is 11.8. The molecule has 0 N–H and O–H groups in total. The summed E-state index contributed by atoms with van der Waals surface area (Å²) < 4.78 is 2.46. The van der Waals surface area contributed by atoms with Crippen molar-refractivity contribution in [2.24, 2.45) is 0 Å². The van der Waals surface area contributed by atoms with Gasteiger partial charge in [0.1, 0.15) is 0 Å². The molecule has 1 heterocycles. The molecule has 0 unspecified atom stereocenters. The average Bonchev–Trinajstić information content (AvgIpc) is 3.67. The Morgan fingerprint density at radius 1 is 0.527 bits per heavy atom.